The van der Waals surface area contributed by atoms with Crippen LogP contribution in [-0.2, 0) is 19.1 Å². The Hall–Kier alpha value is -5.43. The molecule has 7 heteroatoms. The quantitative estimate of drug-likeness (QED) is 0.0544. The van der Waals surface area contributed by atoms with E-state index in [0.29, 0.717) is 59.8 Å². The Labute approximate surface area is 270 Å². The van der Waals surface area contributed by atoms with E-state index in [9.17, 15) is 14.4 Å². The molecular formula is C39H38O7. The number of rotatable bonds is 16. The first kappa shape index (κ1) is 33.5. The molecule has 0 saturated carbocycles. The van der Waals surface area contributed by atoms with Crippen LogP contribution in [0.3, 0.4) is 0 Å². The molecule has 0 atom stereocenters. The summed E-state index contributed by atoms with van der Waals surface area (Å²) in [5.74, 6) is 0.553. The van der Waals surface area contributed by atoms with E-state index in [1.165, 1.54) is 0 Å². The van der Waals surface area contributed by atoms with Crippen LogP contribution in [0.15, 0.2) is 121 Å². The van der Waals surface area contributed by atoms with Gasteiger partial charge in [-0.2, -0.15) is 0 Å². The molecule has 0 N–H and O–H groups in total. The molecule has 0 bridgehead atoms. The molecule has 0 aliphatic heterocycles. The monoisotopic (exact) mass is 618 g/mol. The fourth-order valence-corrected chi connectivity index (χ4v) is 4.41. The van der Waals surface area contributed by atoms with Gasteiger partial charge in [-0.3, -0.25) is 4.79 Å². The van der Waals surface area contributed by atoms with Gasteiger partial charge >= 0.3 is 11.9 Å². The Morgan fingerprint density at radius 1 is 0.522 bits per heavy atom. The van der Waals surface area contributed by atoms with Crippen molar-refractivity contribution in [3.8, 4) is 33.8 Å². The molecule has 0 radical (unpaired) electrons. The summed E-state index contributed by atoms with van der Waals surface area (Å²) in [6.45, 7) is 11.7. The van der Waals surface area contributed by atoms with Gasteiger partial charge in [0, 0.05) is 35.1 Å². The van der Waals surface area contributed by atoms with Crippen molar-refractivity contribution in [2.75, 3.05) is 26.4 Å². The highest BCUT2D eigenvalue weighted by atomic mass is 16.5. The molecule has 0 aliphatic carbocycles. The standard InChI is InChI=1S/C39H38O7/c1-27(2)38(41)45-23-7-21-43-35-17-13-29(14-18-35)31-9-5-11-33(25-31)37(40)34-12-6-10-32(26-34)30-15-19-36(20-16-30)44-22-8-24-46-39(42)28(3)4/h5-6,9-20,25-26H,1,3,7-8,21-24H2,2,4H3. The summed E-state index contributed by atoms with van der Waals surface area (Å²) in [5.41, 5.74) is 5.70. The maximum absolute atomic E-state index is 13.5. The van der Waals surface area contributed by atoms with Crippen LogP contribution in [-0.4, -0.2) is 44.1 Å². The van der Waals surface area contributed by atoms with Crippen molar-refractivity contribution in [2.45, 2.75) is 26.7 Å². The van der Waals surface area contributed by atoms with Gasteiger partial charge in [-0.05, 0) is 72.5 Å². The Bertz CT molecular complexity index is 1560. The fraction of sp³-hybridized carbons (Fsp3) is 0.205. The Morgan fingerprint density at radius 2 is 0.913 bits per heavy atom. The zero-order valence-corrected chi connectivity index (χ0v) is 26.3. The van der Waals surface area contributed by atoms with E-state index < -0.39 is 11.9 Å². The molecule has 0 unspecified atom stereocenters. The van der Waals surface area contributed by atoms with Gasteiger partial charge in [0.1, 0.15) is 11.5 Å². The smallest absolute Gasteiger partial charge is 0.333 e. The summed E-state index contributed by atoms with van der Waals surface area (Å²) in [6.07, 6.45) is 1.15. The molecular weight excluding hydrogens is 580 g/mol. The maximum Gasteiger partial charge on any atom is 0.333 e. The van der Waals surface area contributed by atoms with Gasteiger partial charge in [-0.1, -0.05) is 73.8 Å². The van der Waals surface area contributed by atoms with Gasteiger partial charge in [0.25, 0.3) is 0 Å². The molecule has 0 spiro atoms. The second kappa shape index (κ2) is 16.6. The highest BCUT2D eigenvalue weighted by Gasteiger charge is 2.12. The molecule has 0 amide bonds. The number of carbonyl (C=O) groups is 3. The molecule has 46 heavy (non-hydrogen) atoms. The van der Waals surface area contributed by atoms with Gasteiger partial charge < -0.3 is 18.9 Å². The first-order chi connectivity index (χ1) is 22.2. The van der Waals surface area contributed by atoms with Crippen LogP contribution in [0.2, 0.25) is 0 Å². The zero-order chi connectivity index (χ0) is 32.9. The van der Waals surface area contributed by atoms with Crippen LogP contribution in [0.1, 0.15) is 42.6 Å². The van der Waals surface area contributed by atoms with Crippen LogP contribution in [0, 0.1) is 0 Å². The highest BCUT2D eigenvalue weighted by Crippen LogP contribution is 2.27. The molecule has 7 nitrogen and oxygen atoms in total. The zero-order valence-electron chi connectivity index (χ0n) is 26.3. The Kier molecular flexibility index (Phi) is 12.1. The van der Waals surface area contributed by atoms with Crippen molar-refractivity contribution in [1.82, 2.24) is 0 Å². The summed E-state index contributed by atoms with van der Waals surface area (Å²) in [7, 11) is 0. The number of hydrogen-bond acceptors (Lipinski definition) is 7. The lowest BCUT2D eigenvalue weighted by atomic mass is 9.96. The van der Waals surface area contributed by atoms with Crippen molar-refractivity contribution in [3.63, 3.8) is 0 Å². The number of ether oxygens (including phenoxy) is 4. The molecule has 4 aromatic rings. The van der Waals surface area contributed by atoms with Gasteiger partial charge in [-0.25, -0.2) is 9.59 Å². The average molecular weight is 619 g/mol. The third kappa shape index (κ3) is 9.79. The third-order valence-corrected chi connectivity index (χ3v) is 6.90. The van der Waals surface area contributed by atoms with Gasteiger partial charge in [0.15, 0.2) is 5.78 Å². The van der Waals surface area contributed by atoms with Crippen LogP contribution in [0.25, 0.3) is 22.3 Å². The van der Waals surface area contributed by atoms with Crippen molar-refractivity contribution in [3.05, 3.63) is 132 Å². The fourth-order valence-electron chi connectivity index (χ4n) is 4.41. The highest BCUT2D eigenvalue weighted by molar-refractivity contribution is 6.10. The molecule has 0 heterocycles. The SMILES string of the molecule is C=C(C)C(=O)OCCCOc1ccc(-c2cccc(C(=O)c3cccc(-c4ccc(OCCCOC(=O)C(=C)C)cc4)c3)c2)cc1. The van der Waals surface area contributed by atoms with Crippen LogP contribution >= 0.6 is 0 Å². The second-order valence-corrected chi connectivity index (χ2v) is 10.8. The predicted molar refractivity (Wildman–Crippen MR) is 179 cm³/mol. The summed E-state index contributed by atoms with van der Waals surface area (Å²) in [6, 6.07) is 30.5. The van der Waals surface area contributed by atoms with E-state index >= 15 is 0 Å². The Morgan fingerprint density at radius 3 is 1.28 bits per heavy atom. The predicted octanol–water partition coefficient (Wildman–Crippen LogP) is 8.03. The van der Waals surface area contributed by atoms with E-state index in [-0.39, 0.29) is 19.0 Å². The lowest BCUT2D eigenvalue weighted by molar-refractivity contribution is -0.140. The molecule has 4 aromatic carbocycles. The van der Waals surface area contributed by atoms with Gasteiger partial charge in [0.05, 0.1) is 26.4 Å². The minimum atomic E-state index is -0.399. The summed E-state index contributed by atoms with van der Waals surface area (Å²) in [4.78, 5) is 36.4. The first-order valence-corrected chi connectivity index (χ1v) is 15.1. The molecule has 0 fully saturated rings. The number of carbonyl (C=O) groups excluding carboxylic acids is 3. The lowest BCUT2D eigenvalue weighted by Crippen LogP contribution is -2.09. The van der Waals surface area contributed by atoms with Crippen LogP contribution in [0.4, 0.5) is 0 Å². The second-order valence-electron chi connectivity index (χ2n) is 10.8. The van der Waals surface area contributed by atoms with Crippen LogP contribution in [0.5, 0.6) is 11.5 Å². The van der Waals surface area contributed by atoms with Gasteiger partial charge in [-0.15, -0.1) is 0 Å². The average Bonchev–Trinajstić information content (AvgIpc) is 3.08. The van der Waals surface area contributed by atoms with Crippen LogP contribution < -0.4 is 9.47 Å². The summed E-state index contributed by atoms with van der Waals surface area (Å²) in [5, 5.41) is 0. The molecule has 236 valence electrons. The Balaban J connectivity index is 1.32. The van der Waals surface area contributed by atoms with Crippen molar-refractivity contribution in [1.29, 1.82) is 0 Å². The third-order valence-electron chi connectivity index (χ3n) is 6.90. The van der Waals surface area contributed by atoms with Crippen molar-refractivity contribution < 1.29 is 33.3 Å². The van der Waals surface area contributed by atoms with E-state index in [1.807, 2.05) is 97.1 Å². The van der Waals surface area contributed by atoms with E-state index in [0.717, 1.165) is 22.3 Å². The van der Waals surface area contributed by atoms with Crippen molar-refractivity contribution >= 4 is 17.7 Å². The number of benzene rings is 4. The maximum atomic E-state index is 13.5. The molecule has 0 aromatic heterocycles. The minimum absolute atomic E-state index is 0.0664. The lowest BCUT2D eigenvalue weighted by Gasteiger charge is -2.10. The largest absolute Gasteiger partial charge is 0.493 e. The first-order valence-electron chi connectivity index (χ1n) is 15.1. The summed E-state index contributed by atoms with van der Waals surface area (Å²) >= 11 is 0. The minimum Gasteiger partial charge on any atom is -0.493 e. The number of ketones is 1. The molecule has 4 rings (SSSR count). The van der Waals surface area contributed by atoms with Crippen molar-refractivity contribution in [2.24, 2.45) is 0 Å². The molecule has 0 saturated heterocycles. The normalized spacial score (nSPS) is 10.5. The van der Waals surface area contributed by atoms with E-state index in [2.05, 4.69) is 13.2 Å². The topological polar surface area (TPSA) is 88.1 Å². The molecule has 0 aliphatic rings. The summed E-state index contributed by atoms with van der Waals surface area (Å²) < 4.78 is 21.7. The van der Waals surface area contributed by atoms with Gasteiger partial charge in [0.2, 0.25) is 0 Å². The number of esters is 2. The number of hydrogen-bond donors (Lipinski definition) is 0. The van der Waals surface area contributed by atoms with E-state index in [4.69, 9.17) is 18.9 Å². The van der Waals surface area contributed by atoms with E-state index in [1.54, 1.807) is 13.8 Å².